The van der Waals surface area contributed by atoms with E-state index in [1.54, 1.807) is 49.6 Å². The van der Waals surface area contributed by atoms with Gasteiger partial charge < -0.3 is 35.4 Å². The molecule has 4 aromatic rings. The van der Waals surface area contributed by atoms with Crippen molar-refractivity contribution in [2.45, 2.75) is 25.5 Å². The van der Waals surface area contributed by atoms with Gasteiger partial charge in [0.2, 0.25) is 0 Å². The number of benzene rings is 4. The van der Waals surface area contributed by atoms with Crippen molar-refractivity contribution in [1.82, 2.24) is 20.9 Å². The van der Waals surface area contributed by atoms with Crippen molar-refractivity contribution < 1.29 is 29.0 Å². The average molecular weight is 666 g/mol. The van der Waals surface area contributed by atoms with Crippen LogP contribution in [0.3, 0.4) is 0 Å². The van der Waals surface area contributed by atoms with E-state index in [9.17, 15) is 19.5 Å². The van der Waals surface area contributed by atoms with Crippen molar-refractivity contribution >= 4 is 23.6 Å². The Kier molecular flexibility index (Phi) is 12.6. The van der Waals surface area contributed by atoms with E-state index < -0.39 is 6.09 Å². The van der Waals surface area contributed by atoms with Crippen LogP contribution >= 0.6 is 0 Å². The molecule has 49 heavy (non-hydrogen) atoms. The number of piperidine rings is 1. The Labute approximate surface area is 286 Å². The van der Waals surface area contributed by atoms with E-state index in [-0.39, 0.29) is 23.7 Å². The molecule has 5 rings (SSSR count). The molecule has 0 bridgehead atoms. The molecule has 0 spiro atoms. The standard InChI is InChI=1S/C38H43N5O6/c1-48-35-25-31(44)15-14-30(35)26-39-18-19-40-36(45)28-10-7-11-29(24-28)37(46)41-20-23-43-21-16-32(17-22-43)49-38(47)42-34-13-6-5-12-33(34)27-8-3-2-4-9-27/h2-15,24-25,32,39,44H,16-23,26H2,1H3,(H,40,45)(H,41,46)(H,42,47). The van der Waals surface area contributed by atoms with Crippen LogP contribution in [0, 0.1) is 0 Å². The van der Waals surface area contributed by atoms with Crippen LogP contribution < -0.4 is 26.0 Å². The number of phenolic OH excluding ortho intramolecular Hbond substituents is 1. The number of methoxy groups -OCH3 is 1. The molecule has 256 valence electrons. The molecule has 0 saturated carbocycles. The highest BCUT2D eigenvalue weighted by molar-refractivity contribution is 5.99. The lowest BCUT2D eigenvalue weighted by molar-refractivity contribution is 0.0587. The lowest BCUT2D eigenvalue weighted by Gasteiger charge is -2.31. The minimum absolute atomic E-state index is 0.136. The highest BCUT2D eigenvalue weighted by Gasteiger charge is 2.23. The van der Waals surface area contributed by atoms with Crippen molar-refractivity contribution in [3.8, 4) is 22.6 Å². The van der Waals surface area contributed by atoms with E-state index in [0.717, 1.165) is 29.8 Å². The summed E-state index contributed by atoms with van der Waals surface area (Å²) < 4.78 is 11.0. The van der Waals surface area contributed by atoms with Gasteiger partial charge in [-0.3, -0.25) is 14.9 Å². The van der Waals surface area contributed by atoms with Gasteiger partial charge in [0.05, 0.1) is 12.8 Å². The zero-order valence-electron chi connectivity index (χ0n) is 27.6. The van der Waals surface area contributed by atoms with Gasteiger partial charge >= 0.3 is 6.09 Å². The van der Waals surface area contributed by atoms with E-state index in [1.165, 1.54) is 0 Å². The number of aromatic hydroxyl groups is 1. The highest BCUT2D eigenvalue weighted by atomic mass is 16.6. The monoisotopic (exact) mass is 665 g/mol. The molecule has 0 aliphatic carbocycles. The smallest absolute Gasteiger partial charge is 0.411 e. The Morgan fingerprint density at radius 1 is 0.796 bits per heavy atom. The number of hydrogen-bond donors (Lipinski definition) is 5. The van der Waals surface area contributed by atoms with Gasteiger partial charge in [-0.1, -0.05) is 60.7 Å². The number of para-hydroxylation sites is 1. The van der Waals surface area contributed by atoms with Crippen molar-refractivity contribution in [3.05, 3.63) is 114 Å². The average Bonchev–Trinajstić information content (AvgIpc) is 3.13. The largest absolute Gasteiger partial charge is 0.508 e. The molecule has 5 N–H and O–H groups in total. The normalized spacial score (nSPS) is 13.3. The maximum Gasteiger partial charge on any atom is 0.411 e. The first kappa shape index (κ1) is 34.9. The van der Waals surface area contributed by atoms with Gasteiger partial charge in [-0.05, 0) is 48.7 Å². The van der Waals surface area contributed by atoms with Gasteiger partial charge in [0, 0.05) is 74.1 Å². The van der Waals surface area contributed by atoms with Crippen molar-refractivity contribution in [2.75, 3.05) is 51.7 Å². The number of anilines is 1. The van der Waals surface area contributed by atoms with Crippen LogP contribution in [0.4, 0.5) is 10.5 Å². The van der Waals surface area contributed by atoms with Crippen LogP contribution in [-0.2, 0) is 11.3 Å². The first-order valence-corrected chi connectivity index (χ1v) is 16.5. The second kappa shape index (κ2) is 17.7. The van der Waals surface area contributed by atoms with Crippen LogP contribution in [0.25, 0.3) is 11.1 Å². The van der Waals surface area contributed by atoms with E-state index >= 15 is 0 Å². The van der Waals surface area contributed by atoms with Crippen LogP contribution in [-0.4, -0.2) is 80.4 Å². The maximum atomic E-state index is 12.8. The van der Waals surface area contributed by atoms with Crippen molar-refractivity contribution in [1.29, 1.82) is 0 Å². The predicted octanol–water partition coefficient (Wildman–Crippen LogP) is 5.03. The molecule has 0 aromatic heterocycles. The summed E-state index contributed by atoms with van der Waals surface area (Å²) in [5.74, 6) is 0.212. The summed E-state index contributed by atoms with van der Waals surface area (Å²) in [5.41, 5.74) is 4.36. The molecular weight excluding hydrogens is 622 g/mol. The molecule has 1 aliphatic heterocycles. The minimum atomic E-state index is -0.465. The molecule has 0 unspecified atom stereocenters. The summed E-state index contributed by atoms with van der Waals surface area (Å²) in [5, 5.41) is 21.6. The third-order valence-electron chi connectivity index (χ3n) is 8.33. The molecule has 11 nitrogen and oxygen atoms in total. The number of hydrogen-bond acceptors (Lipinski definition) is 8. The third kappa shape index (κ3) is 10.3. The summed E-state index contributed by atoms with van der Waals surface area (Å²) in [6.45, 7) is 4.05. The SMILES string of the molecule is COc1cc(O)ccc1CNCCNC(=O)c1cccc(C(=O)NCCN2CCC(OC(=O)Nc3ccccc3-c3ccccc3)CC2)c1. The van der Waals surface area contributed by atoms with Gasteiger partial charge in [0.1, 0.15) is 17.6 Å². The summed E-state index contributed by atoms with van der Waals surface area (Å²) >= 11 is 0. The Bertz CT molecular complexity index is 1710. The highest BCUT2D eigenvalue weighted by Crippen LogP contribution is 2.28. The van der Waals surface area contributed by atoms with Crippen molar-refractivity contribution in [2.24, 2.45) is 0 Å². The third-order valence-corrected chi connectivity index (χ3v) is 8.33. The number of phenols is 1. The molecule has 1 saturated heterocycles. The molecule has 0 radical (unpaired) electrons. The second-order valence-corrected chi connectivity index (χ2v) is 11.7. The zero-order valence-corrected chi connectivity index (χ0v) is 27.6. The summed E-state index contributed by atoms with van der Waals surface area (Å²) in [6, 6.07) is 29.1. The molecule has 1 fully saturated rings. The first-order valence-electron chi connectivity index (χ1n) is 16.5. The van der Waals surface area contributed by atoms with Crippen molar-refractivity contribution in [3.63, 3.8) is 0 Å². The number of nitrogens with one attached hydrogen (secondary N) is 4. The fourth-order valence-corrected chi connectivity index (χ4v) is 5.70. The molecule has 4 aromatic carbocycles. The number of likely N-dealkylation sites (tertiary alicyclic amines) is 1. The van der Waals surface area contributed by atoms with Gasteiger partial charge in [0.25, 0.3) is 11.8 Å². The topological polar surface area (TPSA) is 141 Å². The predicted molar refractivity (Wildman–Crippen MR) is 189 cm³/mol. The quantitative estimate of drug-likeness (QED) is 0.118. The van der Waals surface area contributed by atoms with Gasteiger partial charge in [-0.2, -0.15) is 0 Å². The number of amides is 3. The van der Waals surface area contributed by atoms with Crippen LogP contribution in [0.15, 0.2) is 97.1 Å². The lowest BCUT2D eigenvalue weighted by atomic mass is 10.0. The Morgan fingerprint density at radius 3 is 2.22 bits per heavy atom. The Balaban J connectivity index is 0.980. The Morgan fingerprint density at radius 2 is 1.49 bits per heavy atom. The molecule has 3 amide bonds. The number of ether oxygens (including phenoxy) is 2. The van der Waals surface area contributed by atoms with Gasteiger partial charge in [0.15, 0.2) is 0 Å². The van der Waals surface area contributed by atoms with Crippen LogP contribution in [0.2, 0.25) is 0 Å². The molecule has 1 aliphatic rings. The lowest BCUT2D eigenvalue weighted by Crippen LogP contribution is -2.42. The minimum Gasteiger partial charge on any atom is -0.508 e. The fraction of sp³-hybridized carbons (Fsp3) is 0.289. The molecular formula is C38H43N5O6. The first-order chi connectivity index (χ1) is 23.9. The number of rotatable bonds is 14. The zero-order chi connectivity index (χ0) is 34.4. The van der Waals surface area contributed by atoms with E-state index in [2.05, 4.69) is 26.2 Å². The van der Waals surface area contributed by atoms with Gasteiger partial charge in [-0.15, -0.1) is 0 Å². The summed E-state index contributed by atoms with van der Waals surface area (Å²) in [4.78, 5) is 40.5. The second-order valence-electron chi connectivity index (χ2n) is 11.7. The fourth-order valence-electron chi connectivity index (χ4n) is 5.70. The molecule has 11 heteroatoms. The van der Waals surface area contributed by atoms with E-state index in [0.29, 0.717) is 68.1 Å². The van der Waals surface area contributed by atoms with Crippen LogP contribution in [0.5, 0.6) is 11.5 Å². The summed E-state index contributed by atoms with van der Waals surface area (Å²) in [6.07, 6.45) is 0.772. The number of carbonyl (C=O) groups excluding carboxylic acids is 3. The molecule has 1 heterocycles. The van der Waals surface area contributed by atoms with Crippen LogP contribution in [0.1, 0.15) is 39.1 Å². The Hall–Kier alpha value is -5.39. The van der Waals surface area contributed by atoms with E-state index in [4.69, 9.17) is 9.47 Å². The maximum absolute atomic E-state index is 12.8. The number of carbonyl (C=O) groups is 3. The number of nitrogens with zero attached hydrogens (tertiary/aromatic N) is 1. The summed E-state index contributed by atoms with van der Waals surface area (Å²) in [7, 11) is 1.55. The van der Waals surface area contributed by atoms with Gasteiger partial charge in [-0.25, -0.2) is 4.79 Å². The molecule has 0 atom stereocenters. The van der Waals surface area contributed by atoms with E-state index in [1.807, 2.05) is 54.6 Å².